The van der Waals surface area contributed by atoms with E-state index in [-0.39, 0.29) is 23.4 Å². The van der Waals surface area contributed by atoms with Gasteiger partial charge in [0.05, 0.1) is 11.3 Å². The van der Waals surface area contributed by atoms with Crippen LogP contribution in [-0.2, 0) is 0 Å². The first-order valence-corrected chi connectivity index (χ1v) is 10.3. The summed E-state index contributed by atoms with van der Waals surface area (Å²) in [6.07, 6.45) is 2.05. The summed E-state index contributed by atoms with van der Waals surface area (Å²) in [5.41, 5.74) is 1.13. The summed E-state index contributed by atoms with van der Waals surface area (Å²) >= 11 is 3.57. The predicted octanol–water partition coefficient (Wildman–Crippen LogP) is 5.00. The molecule has 7 heteroatoms. The first-order chi connectivity index (χ1) is 12.6. The number of ketones is 1. The molecule has 0 aliphatic heterocycles. The second-order valence-corrected chi connectivity index (χ2v) is 8.29. The molecule has 0 bridgehead atoms. The number of benzene rings is 2. The molecule has 132 valence electrons. The van der Waals surface area contributed by atoms with Crippen LogP contribution in [0.25, 0.3) is 11.4 Å². The Bertz CT molecular complexity index is 954. The van der Waals surface area contributed by atoms with Crippen molar-refractivity contribution in [1.29, 1.82) is 0 Å². The Hall–Kier alpha value is -1.74. The van der Waals surface area contributed by atoms with Gasteiger partial charge in [0.15, 0.2) is 16.8 Å². The molecule has 3 aromatic rings. The summed E-state index contributed by atoms with van der Waals surface area (Å²) in [5.74, 6) is 0.551. The molecule has 1 heterocycles. The molecule has 0 N–H and O–H groups in total. The first kappa shape index (κ1) is 17.7. The molecule has 4 rings (SSSR count). The molecule has 0 amide bonds. The van der Waals surface area contributed by atoms with E-state index in [1.54, 1.807) is 18.2 Å². The number of carbonyl (C=O) groups is 1. The summed E-state index contributed by atoms with van der Waals surface area (Å²) < 4.78 is 17.2. The second-order valence-electron chi connectivity index (χ2n) is 6.11. The van der Waals surface area contributed by atoms with Crippen LogP contribution < -0.4 is 0 Å². The Morgan fingerprint density at radius 3 is 2.58 bits per heavy atom. The Morgan fingerprint density at radius 1 is 1.15 bits per heavy atom. The van der Waals surface area contributed by atoms with Crippen molar-refractivity contribution in [2.24, 2.45) is 0 Å². The van der Waals surface area contributed by atoms with Crippen molar-refractivity contribution < 1.29 is 9.18 Å². The molecule has 0 atom stereocenters. The Balaban J connectivity index is 1.57. The van der Waals surface area contributed by atoms with Crippen LogP contribution in [-0.4, -0.2) is 26.3 Å². The minimum atomic E-state index is -0.312. The van der Waals surface area contributed by atoms with Gasteiger partial charge in [0.2, 0.25) is 0 Å². The van der Waals surface area contributed by atoms with Crippen LogP contribution in [0.5, 0.6) is 0 Å². The minimum absolute atomic E-state index is 0.0455. The number of halogens is 2. The van der Waals surface area contributed by atoms with E-state index in [2.05, 4.69) is 32.8 Å². The molecule has 0 saturated heterocycles. The lowest BCUT2D eigenvalue weighted by Crippen LogP contribution is -2.05. The maximum absolute atomic E-state index is 14.2. The minimum Gasteiger partial charge on any atom is -0.299 e. The molecule has 2 aromatic carbocycles. The lowest BCUT2D eigenvalue weighted by Gasteiger charge is -2.09. The number of rotatable bonds is 6. The zero-order chi connectivity index (χ0) is 18.1. The molecular formula is C19H15FIN3OS. The van der Waals surface area contributed by atoms with E-state index in [0.717, 1.165) is 16.4 Å². The van der Waals surface area contributed by atoms with Crippen molar-refractivity contribution in [3.8, 4) is 11.4 Å². The zero-order valence-electron chi connectivity index (χ0n) is 13.7. The van der Waals surface area contributed by atoms with Crippen LogP contribution in [0.4, 0.5) is 4.39 Å². The van der Waals surface area contributed by atoms with Gasteiger partial charge in [0, 0.05) is 15.2 Å². The fraction of sp³-hybridized carbons (Fsp3) is 0.211. The van der Waals surface area contributed by atoms with Crippen LogP contribution in [0.15, 0.2) is 53.7 Å². The van der Waals surface area contributed by atoms with Crippen molar-refractivity contribution >= 4 is 40.1 Å². The molecule has 0 radical (unpaired) electrons. The lowest BCUT2D eigenvalue weighted by molar-refractivity contribution is 0.102. The van der Waals surface area contributed by atoms with Crippen LogP contribution in [0.1, 0.15) is 29.2 Å². The van der Waals surface area contributed by atoms with Crippen molar-refractivity contribution in [2.75, 3.05) is 5.75 Å². The predicted molar refractivity (Wildman–Crippen MR) is 108 cm³/mol. The van der Waals surface area contributed by atoms with Gasteiger partial charge in [-0.15, -0.1) is 10.2 Å². The van der Waals surface area contributed by atoms with E-state index in [1.807, 2.05) is 28.8 Å². The van der Waals surface area contributed by atoms with Gasteiger partial charge in [-0.2, -0.15) is 0 Å². The number of Topliss-reactive ketones (excluding diaryl/α,β-unsaturated/α-hetero) is 1. The summed E-state index contributed by atoms with van der Waals surface area (Å²) in [6.45, 7) is 0. The topological polar surface area (TPSA) is 47.8 Å². The van der Waals surface area contributed by atoms with Crippen LogP contribution in [0, 0.1) is 9.39 Å². The Labute approximate surface area is 168 Å². The normalized spacial score (nSPS) is 13.8. The third-order valence-corrected chi connectivity index (χ3v) is 5.85. The standard InChI is InChI=1S/C19H15FIN3OS/c20-16-4-2-1-3-15(16)18-22-23-19(24(18)14-9-10-14)26-11-17(25)12-5-7-13(21)8-6-12/h1-8,14H,9-11H2. The maximum Gasteiger partial charge on any atom is 0.192 e. The van der Waals surface area contributed by atoms with Gasteiger partial charge in [-0.25, -0.2) is 4.39 Å². The van der Waals surface area contributed by atoms with Gasteiger partial charge in [-0.1, -0.05) is 36.0 Å². The third-order valence-electron chi connectivity index (χ3n) is 4.19. The third kappa shape index (κ3) is 3.68. The van der Waals surface area contributed by atoms with Crippen LogP contribution >= 0.6 is 34.4 Å². The van der Waals surface area contributed by atoms with Gasteiger partial charge in [0.1, 0.15) is 5.82 Å². The highest BCUT2D eigenvalue weighted by Crippen LogP contribution is 2.41. The van der Waals surface area contributed by atoms with E-state index < -0.39 is 0 Å². The number of nitrogens with zero attached hydrogens (tertiary/aromatic N) is 3. The smallest absolute Gasteiger partial charge is 0.192 e. The fourth-order valence-electron chi connectivity index (χ4n) is 2.71. The van der Waals surface area contributed by atoms with E-state index in [0.29, 0.717) is 22.1 Å². The summed E-state index contributed by atoms with van der Waals surface area (Å²) in [5, 5.41) is 9.11. The van der Waals surface area contributed by atoms with Gasteiger partial charge in [-0.05, 0) is 59.7 Å². The van der Waals surface area contributed by atoms with E-state index in [1.165, 1.54) is 17.8 Å². The highest BCUT2D eigenvalue weighted by Gasteiger charge is 2.31. The Kier molecular flexibility index (Phi) is 5.08. The average molecular weight is 479 g/mol. The average Bonchev–Trinajstić information content (AvgIpc) is 3.40. The van der Waals surface area contributed by atoms with E-state index in [4.69, 9.17) is 0 Å². The number of hydrogen-bond acceptors (Lipinski definition) is 4. The summed E-state index contributed by atoms with van der Waals surface area (Å²) in [7, 11) is 0. The number of thioether (sulfide) groups is 1. The first-order valence-electron chi connectivity index (χ1n) is 8.25. The van der Waals surface area contributed by atoms with Gasteiger partial charge in [-0.3, -0.25) is 9.36 Å². The van der Waals surface area contributed by atoms with Crippen LogP contribution in [0.3, 0.4) is 0 Å². The molecule has 26 heavy (non-hydrogen) atoms. The zero-order valence-corrected chi connectivity index (χ0v) is 16.7. The molecule has 1 fully saturated rings. The van der Waals surface area contributed by atoms with Gasteiger partial charge >= 0.3 is 0 Å². The number of aromatic nitrogens is 3. The molecule has 4 nitrogen and oxygen atoms in total. The van der Waals surface area contributed by atoms with E-state index in [9.17, 15) is 9.18 Å². The summed E-state index contributed by atoms with van der Waals surface area (Å²) in [4.78, 5) is 12.4. The number of carbonyl (C=O) groups excluding carboxylic acids is 1. The Morgan fingerprint density at radius 2 is 1.88 bits per heavy atom. The fourth-order valence-corrected chi connectivity index (χ4v) is 3.97. The molecule has 0 spiro atoms. The van der Waals surface area contributed by atoms with Crippen molar-refractivity contribution in [1.82, 2.24) is 14.8 Å². The van der Waals surface area contributed by atoms with Crippen LogP contribution in [0.2, 0.25) is 0 Å². The molecule has 1 aromatic heterocycles. The van der Waals surface area contributed by atoms with Gasteiger partial charge < -0.3 is 0 Å². The highest BCUT2D eigenvalue weighted by molar-refractivity contribution is 14.1. The molecule has 1 aliphatic carbocycles. The monoisotopic (exact) mass is 479 g/mol. The second kappa shape index (κ2) is 7.48. The quantitative estimate of drug-likeness (QED) is 0.284. The summed E-state index contributed by atoms with van der Waals surface area (Å²) in [6, 6.07) is 14.4. The largest absolute Gasteiger partial charge is 0.299 e. The molecule has 0 unspecified atom stereocenters. The maximum atomic E-state index is 14.2. The molecule has 1 saturated carbocycles. The van der Waals surface area contributed by atoms with Crippen molar-refractivity contribution in [3.63, 3.8) is 0 Å². The highest BCUT2D eigenvalue weighted by atomic mass is 127. The lowest BCUT2D eigenvalue weighted by atomic mass is 10.2. The SMILES string of the molecule is O=C(CSc1nnc(-c2ccccc2F)n1C1CC1)c1ccc(I)cc1. The molecule has 1 aliphatic rings. The molecular weight excluding hydrogens is 464 g/mol. The number of hydrogen-bond donors (Lipinski definition) is 0. The van der Waals surface area contributed by atoms with Crippen molar-refractivity contribution in [2.45, 2.75) is 24.0 Å². The van der Waals surface area contributed by atoms with Crippen molar-refractivity contribution in [3.05, 3.63) is 63.5 Å². The van der Waals surface area contributed by atoms with E-state index >= 15 is 0 Å². The van der Waals surface area contributed by atoms with Gasteiger partial charge in [0.25, 0.3) is 0 Å².